The van der Waals surface area contributed by atoms with Gasteiger partial charge in [0, 0.05) is 35.7 Å². The zero-order valence-electron chi connectivity index (χ0n) is 10.1. The molecule has 0 radical (unpaired) electrons. The van der Waals surface area contributed by atoms with Crippen molar-refractivity contribution >= 4 is 21.4 Å². The van der Waals surface area contributed by atoms with Gasteiger partial charge in [0.2, 0.25) is 0 Å². The van der Waals surface area contributed by atoms with E-state index in [-0.39, 0.29) is 19.0 Å². The predicted octanol–water partition coefficient (Wildman–Crippen LogP) is 0.754. The molecule has 1 aromatic rings. The van der Waals surface area contributed by atoms with Crippen LogP contribution in [0.1, 0.15) is 11.5 Å². The molecule has 2 rings (SSSR count). The van der Waals surface area contributed by atoms with Crippen LogP contribution < -0.4 is 11.5 Å². The maximum Gasteiger partial charge on any atom is 0.151 e. The third kappa shape index (κ3) is 2.05. The molecule has 0 amide bonds. The van der Waals surface area contributed by atoms with Crippen molar-refractivity contribution in [2.24, 2.45) is 16.9 Å². The first kappa shape index (κ1) is 13.8. The molecule has 4 nitrogen and oxygen atoms in total. The third-order valence-electron chi connectivity index (χ3n) is 3.81. The highest BCUT2D eigenvalue weighted by molar-refractivity contribution is 7.91. The van der Waals surface area contributed by atoms with Crippen LogP contribution in [0.5, 0.6) is 0 Å². The van der Waals surface area contributed by atoms with Crippen molar-refractivity contribution in [1.29, 1.82) is 0 Å². The summed E-state index contributed by atoms with van der Waals surface area (Å²) in [4.78, 5) is 0. The van der Waals surface area contributed by atoms with E-state index < -0.39 is 20.5 Å². The quantitative estimate of drug-likeness (QED) is 0.856. The van der Waals surface area contributed by atoms with E-state index in [0.29, 0.717) is 5.02 Å². The van der Waals surface area contributed by atoms with Crippen LogP contribution in [0.25, 0.3) is 0 Å². The van der Waals surface area contributed by atoms with Gasteiger partial charge in [0.1, 0.15) is 0 Å². The molecule has 0 saturated heterocycles. The molecule has 1 aliphatic carbocycles. The minimum absolute atomic E-state index is 0.152. The maximum absolute atomic E-state index is 11.9. The Morgan fingerprint density at radius 2 is 1.94 bits per heavy atom. The molecule has 1 aromatic carbocycles. The normalized spacial score (nSPS) is 26.0. The molecule has 0 aromatic heterocycles. The second-order valence-corrected chi connectivity index (χ2v) is 7.53. The molecule has 18 heavy (non-hydrogen) atoms. The molecule has 0 aliphatic heterocycles. The molecule has 0 bridgehead atoms. The minimum Gasteiger partial charge on any atom is -0.330 e. The smallest absolute Gasteiger partial charge is 0.151 e. The van der Waals surface area contributed by atoms with Crippen LogP contribution in [0.15, 0.2) is 24.3 Å². The molecule has 6 heteroatoms. The van der Waals surface area contributed by atoms with Gasteiger partial charge in [0.15, 0.2) is 9.84 Å². The van der Waals surface area contributed by atoms with Crippen LogP contribution in [0.2, 0.25) is 5.02 Å². The lowest BCUT2D eigenvalue weighted by atomic mass is 9.99. The van der Waals surface area contributed by atoms with Gasteiger partial charge < -0.3 is 11.5 Å². The van der Waals surface area contributed by atoms with Crippen molar-refractivity contribution in [3.8, 4) is 0 Å². The van der Waals surface area contributed by atoms with Crippen LogP contribution >= 0.6 is 11.6 Å². The van der Waals surface area contributed by atoms with Crippen LogP contribution in [0, 0.1) is 5.41 Å². The van der Waals surface area contributed by atoms with Crippen molar-refractivity contribution in [3.63, 3.8) is 0 Å². The van der Waals surface area contributed by atoms with Gasteiger partial charge in [0.05, 0.1) is 5.25 Å². The van der Waals surface area contributed by atoms with Gasteiger partial charge >= 0.3 is 0 Å². The number of halogens is 1. The summed E-state index contributed by atoms with van der Waals surface area (Å²) in [7, 11) is -3.17. The summed E-state index contributed by atoms with van der Waals surface area (Å²) < 4.78 is 23.7. The molecule has 100 valence electrons. The Kier molecular flexibility index (Phi) is 3.44. The first-order chi connectivity index (χ1) is 8.36. The van der Waals surface area contributed by atoms with Crippen molar-refractivity contribution in [3.05, 3.63) is 34.9 Å². The topological polar surface area (TPSA) is 86.2 Å². The second kappa shape index (κ2) is 4.49. The van der Waals surface area contributed by atoms with E-state index in [0.717, 1.165) is 5.56 Å². The molecule has 0 unspecified atom stereocenters. The number of hydrogen-bond acceptors (Lipinski definition) is 4. The fourth-order valence-electron chi connectivity index (χ4n) is 2.90. The lowest BCUT2D eigenvalue weighted by Crippen LogP contribution is -2.31. The summed E-state index contributed by atoms with van der Waals surface area (Å²) in [6, 6.07) is 7.24. The lowest BCUT2D eigenvalue weighted by molar-refractivity contribution is 0.511. The molecule has 0 heterocycles. The standard InChI is InChI=1S/C12H17ClN2O2S/c1-18(16,17)11-10(12(11,6-14)7-15)8-3-2-4-9(13)5-8/h2-5,10-11H,6-7,14-15H2,1H3/t10-,11-/m1/s1. The Morgan fingerprint density at radius 3 is 2.33 bits per heavy atom. The fourth-order valence-corrected chi connectivity index (χ4v) is 5.14. The highest BCUT2D eigenvalue weighted by atomic mass is 35.5. The fraction of sp³-hybridized carbons (Fsp3) is 0.500. The Labute approximate surface area is 112 Å². The predicted molar refractivity (Wildman–Crippen MR) is 73.4 cm³/mol. The molecule has 1 fully saturated rings. The van der Waals surface area contributed by atoms with E-state index in [1.165, 1.54) is 6.26 Å². The van der Waals surface area contributed by atoms with Gasteiger partial charge in [-0.15, -0.1) is 0 Å². The van der Waals surface area contributed by atoms with Gasteiger partial charge in [-0.3, -0.25) is 0 Å². The summed E-state index contributed by atoms with van der Waals surface area (Å²) in [5.74, 6) is -0.152. The highest BCUT2D eigenvalue weighted by Crippen LogP contribution is 2.61. The zero-order valence-corrected chi connectivity index (χ0v) is 11.7. The van der Waals surface area contributed by atoms with Gasteiger partial charge in [-0.25, -0.2) is 8.42 Å². The number of rotatable bonds is 4. The third-order valence-corrected chi connectivity index (χ3v) is 5.71. The maximum atomic E-state index is 11.9. The van der Waals surface area contributed by atoms with Crippen molar-refractivity contribution < 1.29 is 8.42 Å². The number of nitrogens with two attached hydrogens (primary N) is 2. The summed E-state index contributed by atoms with van der Waals surface area (Å²) in [6.45, 7) is 0.525. The van der Waals surface area contributed by atoms with Crippen LogP contribution in [-0.2, 0) is 9.84 Å². The Balaban J connectivity index is 2.45. The first-order valence-corrected chi connectivity index (χ1v) is 8.04. The van der Waals surface area contributed by atoms with E-state index in [4.69, 9.17) is 23.1 Å². The Morgan fingerprint density at radius 1 is 1.33 bits per heavy atom. The van der Waals surface area contributed by atoms with Gasteiger partial charge in [-0.2, -0.15) is 0 Å². The molecular formula is C12H17ClN2O2S. The van der Waals surface area contributed by atoms with E-state index in [9.17, 15) is 8.42 Å². The molecule has 4 N–H and O–H groups in total. The van der Waals surface area contributed by atoms with E-state index in [1.54, 1.807) is 12.1 Å². The molecule has 1 saturated carbocycles. The van der Waals surface area contributed by atoms with Crippen LogP contribution in [0.4, 0.5) is 0 Å². The second-order valence-electron chi connectivity index (χ2n) is 4.92. The van der Waals surface area contributed by atoms with Crippen molar-refractivity contribution in [2.45, 2.75) is 11.2 Å². The SMILES string of the molecule is CS(=O)(=O)[C@@H]1[C@@H](c2cccc(Cl)c2)C1(CN)CN. The minimum atomic E-state index is -3.17. The van der Waals surface area contributed by atoms with Gasteiger partial charge in [-0.05, 0) is 17.7 Å². The van der Waals surface area contributed by atoms with Crippen molar-refractivity contribution in [1.82, 2.24) is 0 Å². The largest absolute Gasteiger partial charge is 0.330 e. The summed E-state index contributed by atoms with van der Waals surface area (Å²) >= 11 is 5.95. The number of hydrogen-bond donors (Lipinski definition) is 2. The van der Waals surface area contributed by atoms with Crippen LogP contribution in [-0.4, -0.2) is 33.0 Å². The summed E-state index contributed by atoms with van der Waals surface area (Å²) in [5.41, 5.74) is 11.9. The first-order valence-electron chi connectivity index (χ1n) is 5.71. The van der Waals surface area contributed by atoms with E-state index in [1.807, 2.05) is 12.1 Å². The molecule has 0 spiro atoms. The highest BCUT2D eigenvalue weighted by Gasteiger charge is 2.68. The van der Waals surface area contributed by atoms with Crippen LogP contribution in [0.3, 0.4) is 0 Å². The van der Waals surface area contributed by atoms with Crippen molar-refractivity contribution in [2.75, 3.05) is 19.3 Å². The number of sulfone groups is 1. The molecular weight excluding hydrogens is 272 g/mol. The van der Waals surface area contributed by atoms with E-state index >= 15 is 0 Å². The average molecular weight is 289 g/mol. The van der Waals surface area contributed by atoms with Gasteiger partial charge in [0.25, 0.3) is 0 Å². The Bertz CT molecular complexity index is 555. The summed E-state index contributed by atoms with van der Waals surface area (Å²) in [6.07, 6.45) is 1.24. The zero-order chi connectivity index (χ0) is 13.6. The Hall–Kier alpha value is -0.620. The van der Waals surface area contributed by atoms with Gasteiger partial charge in [-0.1, -0.05) is 23.7 Å². The number of benzene rings is 1. The lowest BCUT2D eigenvalue weighted by Gasteiger charge is -2.12. The monoisotopic (exact) mass is 288 g/mol. The summed E-state index contributed by atoms with van der Waals surface area (Å²) in [5, 5.41) is 0.0908. The average Bonchev–Trinajstić information content (AvgIpc) is 2.98. The molecule has 2 atom stereocenters. The molecule has 1 aliphatic rings. The van der Waals surface area contributed by atoms with E-state index in [2.05, 4.69) is 0 Å².